The first-order chi connectivity index (χ1) is 19.9. The van der Waals surface area contributed by atoms with Crippen molar-refractivity contribution in [3.05, 3.63) is 99.3 Å². The molecule has 1 atom stereocenters. The molecule has 0 radical (unpaired) electrons. The molecular formula is C31H33Cl3N6O. The zero-order valence-corrected chi connectivity index (χ0v) is 24.9. The first-order valence-corrected chi connectivity index (χ1v) is 15.0. The molecule has 1 fully saturated rings. The SMILES string of the molecule is O=C(NCc1cc(Cl)cc(Cl)c1)[C@@H](CC1CCCCC1)Nc1cc(-n2cccc2)nc(NCc2cccc(Cl)c2)n1. The lowest BCUT2D eigenvalue weighted by atomic mass is 9.84. The minimum atomic E-state index is -0.471. The first-order valence-electron chi connectivity index (χ1n) is 13.9. The van der Waals surface area contributed by atoms with Crippen molar-refractivity contribution < 1.29 is 4.79 Å². The van der Waals surface area contributed by atoms with E-state index in [0.29, 0.717) is 51.7 Å². The number of amides is 1. The van der Waals surface area contributed by atoms with Crippen molar-refractivity contribution >= 4 is 52.5 Å². The molecule has 214 valence electrons. The Hall–Kier alpha value is -3.26. The summed E-state index contributed by atoms with van der Waals surface area (Å²) in [5.74, 6) is 2.08. The van der Waals surface area contributed by atoms with Gasteiger partial charge in [0, 0.05) is 46.6 Å². The highest BCUT2D eigenvalue weighted by Gasteiger charge is 2.25. The van der Waals surface area contributed by atoms with Crippen LogP contribution >= 0.6 is 34.8 Å². The monoisotopic (exact) mass is 610 g/mol. The summed E-state index contributed by atoms with van der Waals surface area (Å²) in [6.07, 6.45) is 10.5. The van der Waals surface area contributed by atoms with E-state index >= 15 is 0 Å². The Labute approximate surface area is 255 Å². The van der Waals surface area contributed by atoms with Crippen LogP contribution in [-0.4, -0.2) is 26.5 Å². The van der Waals surface area contributed by atoms with Crippen molar-refractivity contribution in [3.8, 4) is 5.82 Å². The van der Waals surface area contributed by atoms with Crippen LogP contribution in [0.15, 0.2) is 73.1 Å². The predicted octanol–water partition coefficient (Wildman–Crippen LogP) is 7.91. The lowest BCUT2D eigenvalue weighted by molar-refractivity contribution is -0.122. The number of carbonyl (C=O) groups excluding carboxylic acids is 1. The molecule has 41 heavy (non-hydrogen) atoms. The number of rotatable bonds is 11. The third kappa shape index (κ3) is 8.62. The molecular weight excluding hydrogens is 579 g/mol. The predicted molar refractivity (Wildman–Crippen MR) is 167 cm³/mol. The summed E-state index contributed by atoms with van der Waals surface area (Å²) >= 11 is 18.5. The highest BCUT2D eigenvalue weighted by atomic mass is 35.5. The first kappa shape index (κ1) is 29.2. The summed E-state index contributed by atoms with van der Waals surface area (Å²) in [6.45, 7) is 0.829. The maximum Gasteiger partial charge on any atom is 0.242 e. The van der Waals surface area contributed by atoms with Crippen LogP contribution in [-0.2, 0) is 17.9 Å². The molecule has 0 saturated heterocycles. The average Bonchev–Trinajstić information content (AvgIpc) is 3.50. The van der Waals surface area contributed by atoms with Gasteiger partial charge in [0.2, 0.25) is 11.9 Å². The Kier molecular flexibility index (Phi) is 10.0. The fourth-order valence-corrected chi connectivity index (χ4v) is 6.01. The van der Waals surface area contributed by atoms with Crippen molar-refractivity contribution in [3.63, 3.8) is 0 Å². The lowest BCUT2D eigenvalue weighted by Crippen LogP contribution is -2.41. The molecule has 5 rings (SSSR count). The van der Waals surface area contributed by atoms with Crippen LogP contribution in [0.5, 0.6) is 0 Å². The largest absolute Gasteiger partial charge is 0.358 e. The van der Waals surface area contributed by atoms with Gasteiger partial charge in [-0.05, 0) is 65.9 Å². The van der Waals surface area contributed by atoms with Gasteiger partial charge in [0.15, 0.2) is 0 Å². The molecule has 4 aromatic rings. The number of anilines is 2. The molecule has 10 heteroatoms. The smallest absolute Gasteiger partial charge is 0.242 e. The van der Waals surface area contributed by atoms with Crippen LogP contribution in [0.3, 0.4) is 0 Å². The summed E-state index contributed by atoms with van der Waals surface area (Å²) in [7, 11) is 0. The molecule has 0 bridgehead atoms. The zero-order valence-electron chi connectivity index (χ0n) is 22.6. The Balaban J connectivity index is 1.37. The van der Waals surface area contributed by atoms with E-state index in [-0.39, 0.29) is 5.91 Å². The van der Waals surface area contributed by atoms with Gasteiger partial charge in [-0.25, -0.2) is 0 Å². The Morgan fingerprint density at radius 1 is 0.854 bits per heavy atom. The Morgan fingerprint density at radius 2 is 1.59 bits per heavy atom. The Bertz CT molecular complexity index is 1440. The van der Waals surface area contributed by atoms with Gasteiger partial charge < -0.3 is 20.5 Å². The number of nitrogens with zero attached hydrogens (tertiary/aromatic N) is 3. The van der Waals surface area contributed by atoms with Gasteiger partial charge in [0.25, 0.3) is 0 Å². The number of nitrogens with one attached hydrogen (secondary N) is 3. The molecule has 1 aliphatic rings. The summed E-state index contributed by atoms with van der Waals surface area (Å²) in [5.41, 5.74) is 1.86. The van der Waals surface area contributed by atoms with Crippen molar-refractivity contribution in [2.45, 2.75) is 57.7 Å². The van der Waals surface area contributed by atoms with Gasteiger partial charge in [-0.15, -0.1) is 0 Å². The van der Waals surface area contributed by atoms with E-state index in [1.165, 1.54) is 19.3 Å². The van der Waals surface area contributed by atoms with Gasteiger partial charge in [-0.3, -0.25) is 4.79 Å². The van der Waals surface area contributed by atoms with Gasteiger partial charge in [-0.2, -0.15) is 9.97 Å². The topological polar surface area (TPSA) is 83.9 Å². The van der Waals surface area contributed by atoms with E-state index < -0.39 is 6.04 Å². The Morgan fingerprint density at radius 3 is 2.32 bits per heavy atom. The normalized spacial score (nSPS) is 14.4. The van der Waals surface area contributed by atoms with E-state index in [1.54, 1.807) is 6.07 Å². The summed E-state index contributed by atoms with van der Waals surface area (Å²) in [6, 6.07) is 18.2. The number of hydrogen-bond donors (Lipinski definition) is 3. The van der Waals surface area contributed by atoms with E-state index in [0.717, 1.165) is 30.4 Å². The average molecular weight is 612 g/mol. The molecule has 7 nitrogen and oxygen atoms in total. The number of carbonyl (C=O) groups is 1. The maximum absolute atomic E-state index is 13.6. The van der Waals surface area contributed by atoms with E-state index in [9.17, 15) is 4.79 Å². The quantitative estimate of drug-likeness (QED) is 0.161. The van der Waals surface area contributed by atoms with E-state index in [2.05, 4.69) is 16.0 Å². The van der Waals surface area contributed by atoms with Crippen molar-refractivity contribution in [2.24, 2.45) is 5.92 Å². The fourth-order valence-electron chi connectivity index (χ4n) is 5.23. The molecule has 0 unspecified atom stereocenters. The molecule has 0 aliphatic heterocycles. The molecule has 2 aromatic heterocycles. The van der Waals surface area contributed by atoms with Crippen LogP contribution in [0.1, 0.15) is 49.7 Å². The molecule has 2 heterocycles. The number of halogens is 3. The van der Waals surface area contributed by atoms with Crippen LogP contribution < -0.4 is 16.0 Å². The van der Waals surface area contributed by atoms with Crippen LogP contribution in [0.4, 0.5) is 11.8 Å². The minimum Gasteiger partial charge on any atom is -0.358 e. The van der Waals surface area contributed by atoms with Gasteiger partial charge >= 0.3 is 0 Å². The van der Waals surface area contributed by atoms with E-state index in [1.807, 2.05) is 71.6 Å². The van der Waals surface area contributed by atoms with Crippen LogP contribution in [0.25, 0.3) is 5.82 Å². The second-order valence-corrected chi connectivity index (χ2v) is 11.8. The second kappa shape index (κ2) is 14.1. The number of benzene rings is 2. The van der Waals surface area contributed by atoms with Crippen molar-refractivity contribution in [2.75, 3.05) is 10.6 Å². The molecule has 1 amide bonds. The minimum absolute atomic E-state index is 0.0961. The maximum atomic E-state index is 13.6. The van der Waals surface area contributed by atoms with Crippen molar-refractivity contribution in [1.82, 2.24) is 19.9 Å². The molecule has 2 aromatic carbocycles. The summed E-state index contributed by atoms with van der Waals surface area (Å²) in [5, 5.41) is 11.6. The van der Waals surface area contributed by atoms with Crippen LogP contribution in [0, 0.1) is 5.92 Å². The third-order valence-electron chi connectivity index (χ3n) is 7.24. The summed E-state index contributed by atoms with van der Waals surface area (Å²) < 4.78 is 1.91. The number of aromatic nitrogens is 3. The van der Waals surface area contributed by atoms with Crippen molar-refractivity contribution in [1.29, 1.82) is 0 Å². The van der Waals surface area contributed by atoms with E-state index in [4.69, 9.17) is 44.8 Å². The molecule has 0 spiro atoms. The van der Waals surface area contributed by atoms with Gasteiger partial charge in [0.1, 0.15) is 17.7 Å². The lowest BCUT2D eigenvalue weighted by Gasteiger charge is -2.27. The van der Waals surface area contributed by atoms with Gasteiger partial charge in [-0.1, -0.05) is 79.0 Å². The molecule has 1 aliphatic carbocycles. The fraction of sp³-hybridized carbons (Fsp3) is 0.323. The van der Waals surface area contributed by atoms with Crippen LogP contribution in [0.2, 0.25) is 15.1 Å². The standard InChI is InChI=1S/C31H33Cl3N6O/c32-24-10-6-9-22(13-24)19-36-31-38-28(18-29(39-31)40-11-4-5-12-40)37-27(16-21-7-2-1-3-8-21)30(41)35-20-23-14-25(33)17-26(34)15-23/h4-6,9-15,17-18,21,27H,1-3,7-8,16,19-20H2,(H,35,41)(H2,36,37,38,39)/t27-/m1/s1. The third-order valence-corrected chi connectivity index (χ3v) is 7.91. The zero-order chi connectivity index (χ0) is 28.6. The highest BCUT2D eigenvalue weighted by molar-refractivity contribution is 6.34. The second-order valence-electron chi connectivity index (χ2n) is 10.4. The van der Waals surface area contributed by atoms with Gasteiger partial charge in [0.05, 0.1) is 0 Å². The highest BCUT2D eigenvalue weighted by Crippen LogP contribution is 2.29. The molecule has 3 N–H and O–H groups in total. The molecule has 1 saturated carbocycles. The number of hydrogen-bond acceptors (Lipinski definition) is 5. The summed E-state index contributed by atoms with van der Waals surface area (Å²) in [4.78, 5) is 23.0.